The highest BCUT2D eigenvalue weighted by Gasteiger charge is 2.39. The Kier molecular flexibility index (Phi) is 3.06. The fraction of sp³-hybridized carbons (Fsp3) is 1.00. The van der Waals surface area contributed by atoms with Crippen molar-refractivity contribution in [1.29, 1.82) is 0 Å². The Morgan fingerprint density at radius 1 is 1.50 bits per heavy atom. The van der Waals surface area contributed by atoms with E-state index in [1.807, 2.05) is 0 Å². The van der Waals surface area contributed by atoms with Crippen LogP contribution in [0.1, 0.15) is 25.7 Å². The molecule has 1 aliphatic rings. The molecule has 0 aliphatic heterocycles. The predicted octanol–water partition coefficient (Wildman–Crippen LogP) is -1.10. The first-order chi connectivity index (χ1) is 5.61. The lowest BCUT2D eigenvalue weighted by Gasteiger charge is -2.42. The average molecular weight is 173 g/mol. The van der Waals surface area contributed by atoms with Crippen LogP contribution in [0.25, 0.3) is 0 Å². The summed E-state index contributed by atoms with van der Waals surface area (Å²) in [6.45, 7) is -0.0792. The summed E-state index contributed by atoms with van der Waals surface area (Å²) in [5, 5.41) is 8.91. The van der Waals surface area contributed by atoms with Gasteiger partial charge < -0.3 is 22.3 Å². The van der Waals surface area contributed by atoms with Crippen molar-refractivity contribution < 1.29 is 5.11 Å². The van der Waals surface area contributed by atoms with Gasteiger partial charge in [-0.1, -0.05) is 12.8 Å². The van der Waals surface area contributed by atoms with Crippen LogP contribution in [0.3, 0.4) is 0 Å². The lowest BCUT2D eigenvalue weighted by molar-refractivity contribution is 0.151. The average Bonchev–Trinajstić information content (AvgIpc) is 2.09. The summed E-state index contributed by atoms with van der Waals surface area (Å²) in [6, 6.07) is -0.443. The number of aliphatic hydroxyl groups is 1. The van der Waals surface area contributed by atoms with Gasteiger partial charge >= 0.3 is 0 Å². The molecule has 0 saturated heterocycles. The van der Waals surface area contributed by atoms with E-state index in [0.29, 0.717) is 0 Å². The summed E-state index contributed by atoms with van der Waals surface area (Å²) in [6.07, 6.45) is 3.94. The van der Waals surface area contributed by atoms with E-state index < -0.39 is 5.54 Å². The van der Waals surface area contributed by atoms with Gasteiger partial charge in [-0.25, -0.2) is 0 Å². The van der Waals surface area contributed by atoms with E-state index in [4.69, 9.17) is 22.3 Å². The quantitative estimate of drug-likeness (QED) is 0.426. The molecule has 3 unspecified atom stereocenters. The second-order valence-electron chi connectivity index (χ2n) is 3.75. The van der Waals surface area contributed by atoms with Crippen LogP contribution in [0.2, 0.25) is 0 Å². The summed E-state index contributed by atoms with van der Waals surface area (Å²) in [5.74, 6) is 0. The van der Waals surface area contributed by atoms with Crippen LogP contribution in [0.4, 0.5) is 0 Å². The zero-order valence-electron chi connectivity index (χ0n) is 7.37. The minimum absolute atomic E-state index is 0.0617. The van der Waals surface area contributed by atoms with Gasteiger partial charge in [-0.15, -0.1) is 0 Å². The zero-order valence-corrected chi connectivity index (χ0v) is 7.37. The lowest BCUT2D eigenvalue weighted by Crippen LogP contribution is -2.67. The van der Waals surface area contributed by atoms with Gasteiger partial charge in [-0.3, -0.25) is 0 Å². The minimum Gasteiger partial charge on any atom is -0.395 e. The fourth-order valence-corrected chi connectivity index (χ4v) is 1.88. The highest BCUT2D eigenvalue weighted by Crippen LogP contribution is 2.26. The maximum Gasteiger partial charge on any atom is 0.0601 e. The molecule has 0 bridgehead atoms. The molecule has 0 radical (unpaired) electrons. The van der Waals surface area contributed by atoms with Crippen molar-refractivity contribution in [2.24, 2.45) is 17.2 Å². The van der Waals surface area contributed by atoms with Crippen LogP contribution < -0.4 is 17.2 Å². The van der Waals surface area contributed by atoms with Crippen molar-refractivity contribution >= 4 is 0 Å². The third kappa shape index (κ3) is 1.61. The molecular weight excluding hydrogens is 154 g/mol. The molecule has 4 heteroatoms. The highest BCUT2D eigenvalue weighted by molar-refractivity contribution is 5.03. The number of nitrogens with two attached hydrogens (primary N) is 3. The number of rotatable bonds is 2. The van der Waals surface area contributed by atoms with Crippen LogP contribution in [-0.2, 0) is 0 Å². The Hall–Kier alpha value is -0.160. The van der Waals surface area contributed by atoms with E-state index in [0.717, 1.165) is 25.7 Å². The topological polar surface area (TPSA) is 98.3 Å². The normalized spacial score (nSPS) is 39.5. The van der Waals surface area contributed by atoms with Gasteiger partial charge in [-0.05, 0) is 12.8 Å². The third-order valence-corrected chi connectivity index (χ3v) is 2.95. The highest BCUT2D eigenvalue weighted by atomic mass is 16.3. The van der Waals surface area contributed by atoms with E-state index >= 15 is 0 Å². The Bertz CT molecular complexity index is 147. The van der Waals surface area contributed by atoms with Crippen LogP contribution >= 0.6 is 0 Å². The SMILES string of the molecule is NC(CO)C1(N)CCCCC1N. The maximum absolute atomic E-state index is 8.91. The van der Waals surface area contributed by atoms with Gasteiger partial charge in [0.1, 0.15) is 0 Å². The predicted molar refractivity (Wildman–Crippen MR) is 48.4 cm³/mol. The molecule has 7 N–H and O–H groups in total. The molecule has 12 heavy (non-hydrogen) atoms. The first-order valence-electron chi connectivity index (χ1n) is 4.52. The molecule has 1 aliphatic carbocycles. The molecule has 0 aromatic carbocycles. The second-order valence-corrected chi connectivity index (χ2v) is 3.75. The number of hydrogen-bond acceptors (Lipinski definition) is 4. The first-order valence-corrected chi connectivity index (χ1v) is 4.52. The van der Waals surface area contributed by atoms with Crippen LogP contribution in [0.15, 0.2) is 0 Å². The van der Waals surface area contributed by atoms with Crippen LogP contribution in [-0.4, -0.2) is 29.3 Å². The van der Waals surface area contributed by atoms with E-state index in [-0.39, 0.29) is 18.7 Å². The summed E-state index contributed by atoms with van der Waals surface area (Å²) in [5.41, 5.74) is 17.1. The Morgan fingerprint density at radius 2 is 2.17 bits per heavy atom. The van der Waals surface area contributed by atoms with Gasteiger partial charge in [0.25, 0.3) is 0 Å². The van der Waals surface area contributed by atoms with Gasteiger partial charge in [0.05, 0.1) is 6.61 Å². The largest absolute Gasteiger partial charge is 0.395 e. The van der Waals surface area contributed by atoms with Gasteiger partial charge in [0.2, 0.25) is 0 Å². The van der Waals surface area contributed by atoms with Gasteiger partial charge in [0.15, 0.2) is 0 Å². The molecule has 4 nitrogen and oxygen atoms in total. The van der Waals surface area contributed by atoms with Crippen molar-refractivity contribution in [2.75, 3.05) is 6.61 Å². The fourth-order valence-electron chi connectivity index (χ4n) is 1.88. The minimum atomic E-state index is -0.549. The number of aliphatic hydroxyl groups excluding tert-OH is 1. The van der Waals surface area contributed by atoms with Crippen molar-refractivity contribution in [1.82, 2.24) is 0 Å². The van der Waals surface area contributed by atoms with Crippen molar-refractivity contribution in [3.05, 3.63) is 0 Å². The number of hydrogen-bond donors (Lipinski definition) is 4. The Labute approximate surface area is 73.1 Å². The van der Waals surface area contributed by atoms with Crippen LogP contribution in [0, 0.1) is 0 Å². The van der Waals surface area contributed by atoms with E-state index in [9.17, 15) is 0 Å². The smallest absolute Gasteiger partial charge is 0.0601 e. The monoisotopic (exact) mass is 173 g/mol. The standard InChI is InChI=1S/C8H19N3O/c9-6-3-1-2-4-8(6,11)7(10)5-12/h6-7,12H,1-5,9-11H2. The van der Waals surface area contributed by atoms with E-state index in [2.05, 4.69) is 0 Å². The first kappa shape index (κ1) is 9.92. The molecule has 1 fully saturated rings. The van der Waals surface area contributed by atoms with Crippen LogP contribution in [0.5, 0.6) is 0 Å². The van der Waals surface area contributed by atoms with Crippen molar-refractivity contribution in [3.8, 4) is 0 Å². The Morgan fingerprint density at radius 3 is 2.67 bits per heavy atom. The maximum atomic E-state index is 8.91. The molecule has 1 rings (SSSR count). The molecule has 0 amide bonds. The Balaban J connectivity index is 2.65. The molecule has 0 spiro atoms. The third-order valence-electron chi connectivity index (χ3n) is 2.95. The van der Waals surface area contributed by atoms with E-state index in [1.165, 1.54) is 0 Å². The summed E-state index contributed by atoms with van der Waals surface area (Å²) >= 11 is 0. The molecule has 1 saturated carbocycles. The van der Waals surface area contributed by atoms with Crippen molar-refractivity contribution in [2.45, 2.75) is 43.3 Å². The second kappa shape index (κ2) is 3.70. The molecule has 0 aromatic heterocycles. The summed E-state index contributed by atoms with van der Waals surface area (Å²) < 4.78 is 0. The molecular formula is C8H19N3O. The zero-order chi connectivity index (χ0) is 9.19. The molecule has 0 heterocycles. The molecule has 72 valence electrons. The summed E-state index contributed by atoms with van der Waals surface area (Å²) in [7, 11) is 0. The molecule has 0 aromatic rings. The van der Waals surface area contributed by atoms with Gasteiger partial charge in [0, 0.05) is 17.6 Å². The van der Waals surface area contributed by atoms with Gasteiger partial charge in [-0.2, -0.15) is 0 Å². The summed E-state index contributed by atoms with van der Waals surface area (Å²) in [4.78, 5) is 0. The molecule has 3 atom stereocenters. The lowest BCUT2D eigenvalue weighted by atomic mass is 9.74. The van der Waals surface area contributed by atoms with E-state index in [1.54, 1.807) is 0 Å². The van der Waals surface area contributed by atoms with Crippen molar-refractivity contribution in [3.63, 3.8) is 0 Å².